The van der Waals surface area contributed by atoms with Crippen LogP contribution in [0.15, 0.2) is 10.6 Å². The van der Waals surface area contributed by atoms with Crippen molar-refractivity contribution >= 4 is 18.6 Å². The molecule has 0 spiro atoms. The van der Waals surface area contributed by atoms with Crippen LogP contribution in [0.1, 0.15) is 33.1 Å². The maximum atomic E-state index is 11.2. The molecule has 13 heavy (non-hydrogen) atoms. The molecule has 3 nitrogen and oxygen atoms in total. The lowest BCUT2D eigenvalue weighted by Crippen LogP contribution is -2.11. The van der Waals surface area contributed by atoms with E-state index in [1.165, 1.54) is 0 Å². The number of carbonyl (C=O) groups excluding carboxylic acids is 1. The zero-order valence-electron chi connectivity index (χ0n) is 8.17. The van der Waals surface area contributed by atoms with Crippen molar-refractivity contribution in [2.75, 3.05) is 6.61 Å². The Morgan fingerprint density at radius 3 is 2.46 bits per heavy atom. The first kappa shape index (κ1) is 12.4. The minimum Gasteiger partial charge on any atom is -0.462 e. The third kappa shape index (κ3) is 4.83. The summed E-state index contributed by atoms with van der Waals surface area (Å²) >= 11 is 4.01. The van der Waals surface area contributed by atoms with Crippen molar-refractivity contribution in [2.24, 2.45) is 5.73 Å². The molecule has 0 aromatic carbocycles. The van der Waals surface area contributed by atoms with Gasteiger partial charge in [0.2, 0.25) is 0 Å². The SMILES string of the molecule is CCCOC(=O)C(S)=C(N)CCC. The molecule has 4 heteroatoms. The predicted octanol–water partition coefficient (Wildman–Crippen LogP) is 1.84. The van der Waals surface area contributed by atoms with E-state index in [9.17, 15) is 4.79 Å². The summed E-state index contributed by atoms with van der Waals surface area (Å²) in [6.45, 7) is 4.35. The zero-order chi connectivity index (χ0) is 10.3. The topological polar surface area (TPSA) is 52.3 Å². The van der Waals surface area contributed by atoms with Crippen LogP contribution in [0.5, 0.6) is 0 Å². The second-order valence-corrected chi connectivity index (χ2v) is 3.21. The van der Waals surface area contributed by atoms with Gasteiger partial charge in [0.15, 0.2) is 0 Å². The van der Waals surface area contributed by atoms with Crippen LogP contribution < -0.4 is 5.73 Å². The lowest BCUT2D eigenvalue weighted by Gasteiger charge is -2.05. The molecular weight excluding hydrogens is 186 g/mol. The van der Waals surface area contributed by atoms with E-state index in [-0.39, 0.29) is 4.91 Å². The average Bonchev–Trinajstić information content (AvgIpc) is 2.13. The van der Waals surface area contributed by atoms with Gasteiger partial charge >= 0.3 is 5.97 Å². The number of allylic oxidation sites excluding steroid dienone is 1. The van der Waals surface area contributed by atoms with E-state index in [2.05, 4.69) is 12.6 Å². The molecule has 0 aliphatic rings. The van der Waals surface area contributed by atoms with Crippen molar-refractivity contribution < 1.29 is 9.53 Å². The van der Waals surface area contributed by atoms with Gasteiger partial charge in [0.1, 0.15) is 4.91 Å². The minimum atomic E-state index is -0.420. The second kappa shape index (κ2) is 6.83. The summed E-state index contributed by atoms with van der Waals surface area (Å²) in [5.74, 6) is -0.420. The molecule has 0 aliphatic heterocycles. The second-order valence-electron chi connectivity index (χ2n) is 2.76. The molecule has 0 saturated carbocycles. The molecule has 0 radical (unpaired) electrons. The highest BCUT2D eigenvalue weighted by molar-refractivity contribution is 7.85. The summed E-state index contributed by atoms with van der Waals surface area (Å²) in [5, 5.41) is 0. The van der Waals surface area contributed by atoms with Crippen molar-refractivity contribution in [3.8, 4) is 0 Å². The van der Waals surface area contributed by atoms with Crippen LogP contribution >= 0.6 is 12.6 Å². The van der Waals surface area contributed by atoms with E-state index >= 15 is 0 Å². The van der Waals surface area contributed by atoms with Gasteiger partial charge in [0, 0.05) is 5.70 Å². The van der Waals surface area contributed by atoms with Crippen LogP contribution in [0, 0.1) is 0 Å². The normalized spacial score (nSPS) is 12.2. The van der Waals surface area contributed by atoms with Crippen molar-refractivity contribution in [3.05, 3.63) is 10.6 Å². The molecule has 2 N–H and O–H groups in total. The molecule has 76 valence electrons. The van der Waals surface area contributed by atoms with Crippen LogP contribution in [0.3, 0.4) is 0 Å². The quantitative estimate of drug-likeness (QED) is 0.407. The Labute approximate surface area is 84.7 Å². The molecule has 0 aliphatic carbocycles. The minimum absolute atomic E-state index is 0.246. The van der Waals surface area contributed by atoms with E-state index in [1.54, 1.807) is 0 Å². The zero-order valence-corrected chi connectivity index (χ0v) is 9.06. The van der Waals surface area contributed by atoms with Gasteiger partial charge in [-0.3, -0.25) is 0 Å². The Morgan fingerprint density at radius 2 is 2.00 bits per heavy atom. The third-order valence-corrected chi connectivity index (χ3v) is 1.92. The fraction of sp³-hybridized carbons (Fsp3) is 0.667. The molecule has 0 unspecified atom stereocenters. The monoisotopic (exact) mass is 203 g/mol. The van der Waals surface area contributed by atoms with Gasteiger partial charge in [-0.2, -0.15) is 0 Å². The Bertz CT molecular complexity index is 202. The van der Waals surface area contributed by atoms with Crippen molar-refractivity contribution in [1.29, 1.82) is 0 Å². The summed E-state index contributed by atoms with van der Waals surface area (Å²) in [6.07, 6.45) is 2.39. The van der Waals surface area contributed by atoms with Gasteiger partial charge in [-0.15, -0.1) is 12.6 Å². The Balaban J connectivity index is 4.13. The smallest absolute Gasteiger partial charge is 0.346 e. The molecule has 0 heterocycles. The maximum absolute atomic E-state index is 11.2. The van der Waals surface area contributed by atoms with Gasteiger partial charge in [-0.25, -0.2) is 4.79 Å². The third-order valence-electron chi connectivity index (χ3n) is 1.45. The summed E-state index contributed by atoms with van der Waals surface area (Å²) in [4.78, 5) is 11.4. The Morgan fingerprint density at radius 1 is 1.38 bits per heavy atom. The van der Waals surface area contributed by atoms with E-state index in [4.69, 9.17) is 10.5 Å². The molecule has 0 saturated heterocycles. The van der Waals surface area contributed by atoms with E-state index in [0.29, 0.717) is 18.7 Å². The van der Waals surface area contributed by atoms with Crippen LogP contribution in [-0.2, 0) is 9.53 Å². The van der Waals surface area contributed by atoms with Gasteiger partial charge in [0.05, 0.1) is 6.61 Å². The number of nitrogens with two attached hydrogens (primary N) is 1. The number of rotatable bonds is 5. The van der Waals surface area contributed by atoms with E-state index in [1.807, 2.05) is 13.8 Å². The fourth-order valence-corrected chi connectivity index (χ4v) is 0.958. The van der Waals surface area contributed by atoms with Crippen LogP contribution in [0.4, 0.5) is 0 Å². The summed E-state index contributed by atoms with van der Waals surface area (Å²) in [5.41, 5.74) is 6.11. The molecule has 0 aromatic rings. The maximum Gasteiger partial charge on any atom is 0.346 e. The highest BCUT2D eigenvalue weighted by Crippen LogP contribution is 2.11. The lowest BCUT2D eigenvalue weighted by atomic mass is 10.2. The van der Waals surface area contributed by atoms with E-state index < -0.39 is 5.97 Å². The molecule has 0 bridgehead atoms. The summed E-state index contributed by atoms with van der Waals surface area (Å²) in [7, 11) is 0. The van der Waals surface area contributed by atoms with Gasteiger partial charge in [-0.05, 0) is 12.8 Å². The van der Waals surface area contributed by atoms with Crippen LogP contribution in [0.25, 0.3) is 0 Å². The van der Waals surface area contributed by atoms with Crippen LogP contribution in [0.2, 0.25) is 0 Å². The predicted molar refractivity (Wildman–Crippen MR) is 56.4 cm³/mol. The first-order chi connectivity index (χ1) is 6.13. The molecule has 0 amide bonds. The standard InChI is InChI=1S/C9H17NO2S/c1-3-5-7(10)8(13)9(11)12-6-4-2/h13H,3-6,10H2,1-2H3. The van der Waals surface area contributed by atoms with Crippen molar-refractivity contribution in [1.82, 2.24) is 0 Å². The number of carbonyl (C=O) groups is 1. The number of esters is 1. The van der Waals surface area contributed by atoms with Crippen molar-refractivity contribution in [3.63, 3.8) is 0 Å². The summed E-state index contributed by atoms with van der Waals surface area (Å²) in [6, 6.07) is 0. The summed E-state index contributed by atoms with van der Waals surface area (Å²) < 4.78 is 4.87. The number of hydrogen-bond acceptors (Lipinski definition) is 4. The van der Waals surface area contributed by atoms with Gasteiger partial charge < -0.3 is 10.5 Å². The Kier molecular flexibility index (Phi) is 6.49. The van der Waals surface area contributed by atoms with Gasteiger partial charge in [0.25, 0.3) is 0 Å². The first-order valence-electron chi connectivity index (χ1n) is 4.48. The molecular formula is C9H17NO2S. The molecule has 0 fully saturated rings. The van der Waals surface area contributed by atoms with Crippen LogP contribution in [-0.4, -0.2) is 12.6 Å². The van der Waals surface area contributed by atoms with Gasteiger partial charge in [-0.1, -0.05) is 20.3 Å². The van der Waals surface area contributed by atoms with Crippen molar-refractivity contribution in [2.45, 2.75) is 33.1 Å². The first-order valence-corrected chi connectivity index (χ1v) is 4.92. The lowest BCUT2D eigenvalue weighted by molar-refractivity contribution is -0.138. The Hall–Kier alpha value is -0.640. The van der Waals surface area contributed by atoms with E-state index in [0.717, 1.165) is 12.8 Å². The molecule has 0 aromatic heterocycles. The highest BCUT2D eigenvalue weighted by atomic mass is 32.1. The number of ether oxygens (including phenoxy) is 1. The number of hydrogen-bond donors (Lipinski definition) is 2. The fourth-order valence-electron chi connectivity index (χ4n) is 0.782. The number of thiol groups is 1. The average molecular weight is 203 g/mol. The molecule has 0 rings (SSSR count). The highest BCUT2D eigenvalue weighted by Gasteiger charge is 2.09. The molecule has 0 atom stereocenters. The largest absolute Gasteiger partial charge is 0.462 e.